The summed E-state index contributed by atoms with van der Waals surface area (Å²) in [6, 6.07) is 17.8. The minimum Gasteiger partial charge on any atom is -0.493 e. The van der Waals surface area contributed by atoms with Crippen LogP contribution in [0.15, 0.2) is 72.4 Å². The molecule has 1 saturated heterocycles. The van der Waals surface area contributed by atoms with Crippen LogP contribution in [-0.2, 0) is 11.3 Å². The molecule has 1 amide bonds. The number of carbonyl (C=O) groups is 1. The maximum absolute atomic E-state index is 12.9. The first-order chi connectivity index (χ1) is 17.1. The number of hydrogen-bond acceptors (Lipinski definition) is 7. The summed E-state index contributed by atoms with van der Waals surface area (Å²) in [5.74, 6) is 2.37. The summed E-state index contributed by atoms with van der Waals surface area (Å²) >= 11 is 1.39. The number of piperazine rings is 1. The van der Waals surface area contributed by atoms with E-state index < -0.39 is 0 Å². The van der Waals surface area contributed by atoms with E-state index in [1.807, 2.05) is 58.9 Å². The van der Waals surface area contributed by atoms with Crippen LogP contribution >= 0.6 is 11.8 Å². The summed E-state index contributed by atoms with van der Waals surface area (Å²) in [6.45, 7) is 9.38. The van der Waals surface area contributed by atoms with E-state index >= 15 is 0 Å². The Morgan fingerprint density at radius 2 is 1.74 bits per heavy atom. The van der Waals surface area contributed by atoms with Crippen LogP contribution in [0.25, 0.3) is 0 Å². The van der Waals surface area contributed by atoms with E-state index in [-0.39, 0.29) is 12.0 Å². The number of benzene rings is 2. The number of aromatic nitrogens is 3. The number of para-hydroxylation sites is 3. The predicted molar refractivity (Wildman–Crippen MR) is 138 cm³/mol. The molecule has 1 aliphatic rings. The van der Waals surface area contributed by atoms with Crippen molar-refractivity contribution in [2.45, 2.75) is 24.7 Å². The van der Waals surface area contributed by atoms with Crippen molar-refractivity contribution in [2.75, 3.05) is 43.9 Å². The molecule has 0 N–H and O–H groups in total. The van der Waals surface area contributed by atoms with Crippen molar-refractivity contribution in [3.8, 4) is 11.5 Å². The molecule has 1 aliphatic heterocycles. The van der Waals surface area contributed by atoms with Gasteiger partial charge in [-0.15, -0.1) is 16.8 Å². The Labute approximate surface area is 210 Å². The summed E-state index contributed by atoms with van der Waals surface area (Å²) in [6.07, 6.45) is 1.42. The molecule has 8 nitrogen and oxygen atoms in total. The zero-order chi connectivity index (χ0) is 24.6. The molecule has 3 aromatic rings. The van der Waals surface area contributed by atoms with Crippen LogP contribution in [0.3, 0.4) is 0 Å². The highest BCUT2D eigenvalue weighted by atomic mass is 32.2. The van der Waals surface area contributed by atoms with E-state index in [0.29, 0.717) is 47.9 Å². The summed E-state index contributed by atoms with van der Waals surface area (Å²) in [7, 11) is 1.61. The Morgan fingerprint density at radius 3 is 2.43 bits per heavy atom. The van der Waals surface area contributed by atoms with Gasteiger partial charge in [0.2, 0.25) is 5.91 Å². The van der Waals surface area contributed by atoms with Gasteiger partial charge in [0.25, 0.3) is 0 Å². The first-order valence-corrected chi connectivity index (χ1v) is 12.6. The molecule has 2 aromatic carbocycles. The highest BCUT2D eigenvalue weighted by Gasteiger charge is 2.24. The van der Waals surface area contributed by atoms with Crippen molar-refractivity contribution in [3.05, 3.63) is 73.1 Å². The van der Waals surface area contributed by atoms with Gasteiger partial charge in [-0.05, 0) is 31.2 Å². The number of anilines is 1. The smallest absolute Gasteiger partial charge is 0.233 e. The first kappa shape index (κ1) is 24.7. The number of amides is 1. The van der Waals surface area contributed by atoms with Gasteiger partial charge >= 0.3 is 0 Å². The highest BCUT2D eigenvalue weighted by Crippen LogP contribution is 2.31. The third kappa shape index (κ3) is 5.97. The number of allylic oxidation sites excluding steroid dienone is 1. The lowest BCUT2D eigenvalue weighted by molar-refractivity contribution is -0.128. The molecule has 0 radical (unpaired) electrons. The van der Waals surface area contributed by atoms with Gasteiger partial charge in [0.05, 0.1) is 12.9 Å². The predicted octanol–water partition coefficient (Wildman–Crippen LogP) is 4.05. The number of thioether (sulfide) groups is 1. The van der Waals surface area contributed by atoms with E-state index in [0.717, 1.165) is 13.1 Å². The molecule has 0 aliphatic carbocycles. The third-order valence-electron chi connectivity index (χ3n) is 5.87. The van der Waals surface area contributed by atoms with Crippen molar-refractivity contribution >= 4 is 23.4 Å². The van der Waals surface area contributed by atoms with Gasteiger partial charge in [-0.2, -0.15) is 0 Å². The topological polar surface area (TPSA) is 72.7 Å². The van der Waals surface area contributed by atoms with Crippen LogP contribution in [0.1, 0.15) is 18.9 Å². The minimum atomic E-state index is -0.366. The quantitative estimate of drug-likeness (QED) is 0.312. The zero-order valence-corrected chi connectivity index (χ0v) is 21.0. The molecule has 4 rings (SSSR count). The molecule has 9 heteroatoms. The highest BCUT2D eigenvalue weighted by molar-refractivity contribution is 7.99. The average Bonchev–Trinajstić information content (AvgIpc) is 3.31. The van der Waals surface area contributed by atoms with Crippen LogP contribution in [0.5, 0.6) is 11.5 Å². The number of hydrogen-bond donors (Lipinski definition) is 0. The Hall–Kier alpha value is -3.46. The Kier molecular flexibility index (Phi) is 8.31. The molecule has 2 heterocycles. The van der Waals surface area contributed by atoms with E-state index in [9.17, 15) is 4.79 Å². The second-order valence-electron chi connectivity index (χ2n) is 8.14. The molecule has 1 unspecified atom stereocenters. The second kappa shape index (κ2) is 11.8. The summed E-state index contributed by atoms with van der Waals surface area (Å²) in [4.78, 5) is 17.1. The van der Waals surface area contributed by atoms with Crippen molar-refractivity contribution < 1.29 is 14.3 Å². The Bertz CT molecular complexity index is 1130. The lowest BCUT2D eigenvalue weighted by Crippen LogP contribution is -2.49. The van der Waals surface area contributed by atoms with Crippen LogP contribution in [0.4, 0.5) is 5.69 Å². The fourth-order valence-electron chi connectivity index (χ4n) is 4.04. The van der Waals surface area contributed by atoms with Crippen LogP contribution in [0.2, 0.25) is 0 Å². The summed E-state index contributed by atoms with van der Waals surface area (Å²) in [5.41, 5.74) is 1.20. The number of methoxy groups -OCH3 is 1. The maximum atomic E-state index is 12.9. The molecule has 1 aromatic heterocycles. The molecule has 1 atom stereocenters. The van der Waals surface area contributed by atoms with Crippen molar-refractivity contribution in [2.24, 2.45) is 0 Å². The molecule has 0 spiro atoms. The molecule has 1 fully saturated rings. The van der Waals surface area contributed by atoms with Crippen molar-refractivity contribution in [1.29, 1.82) is 0 Å². The van der Waals surface area contributed by atoms with Gasteiger partial charge in [0.15, 0.2) is 28.6 Å². The molecule has 35 heavy (non-hydrogen) atoms. The van der Waals surface area contributed by atoms with Gasteiger partial charge in [-0.1, -0.05) is 48.2 Å². The standard InChI is InChI=1S/C26H31N5O3S/c1-4-14-31-25(20(2)34-23-13-9-8-12-22(23)33-3)27-28-26(31)35-19-24(32)30-17-15-29(16-18-30)21-10-6-5-7-11-21/h4-13,20H,1,14-19H2,2-3H3. The molecular formula is C26H31N5O3S. The maximum Gasteiger partial charge on any atom is 0.233 e. The monoisotopic (exact) mass is 493 g/mol. The fraction of sp³-hybridized carbons (Fsp3) is 0.346. The third-order valence-corrected chi connectivity index (χ3v) is 6.82. The van der Waals surface area contributed by atoms with E-state index in [2.05, 4.69) is 33.8 Å². The van der Waals surface area contributed by atoms with Crippen molar-refractivity contribution in [3.63, 3.8) is 0 Å². The van der Waals surface area contributed by atoms with Crippen LogP contribution in [0, 0.1) is 0 Å². The normalized spacial score (nSPS) is 14.5. The number of nitrogens with zero attached hydrogens (tertiary/aromatic N) is 5. The number of ether oxygens (including phenoxy) is 2. The van der Waals surface area contributed by atoms with E-state index in [1.54, 1.807) is 13.2 Å². The lowest BCUT2D eigenvalue weighted by Gasteiger charge is -2.36. The minimum absolute atomic E-state index is 0.107. The Morgan fingerprint density at radius 1 is 1.06 bits per heavy atom. The largest absolute Gasteiger partial charge is 0.493 e. The Balaban J connectivity index is 1.36. The SMILES string of the molecule is C=CCn1c(SCC(=O)N2CCN(c3ccccc3)CC2)nnc1C(C)Oc1ccccc1OC. The van der Waals surface area contributed by atoms with Crippen LogP contribution < -0.4 is 14.4 Å². The van der Waals surface area contributed by atoms with E-state index in [4.69, 9.17) is 9.47 Å². The zero-order valence-electron chi connectivity index (χ0n) is 20.2. The fourth-order valence-corrected chi connectivity index (χ4v) is 4.90. The van der Waals surface area contributed by atoms with Crippen LogP contribution in [-0.4, -0.2) is 64.6 Å². The number of rotatable bonds is 10. The lowest BCUT2D eigenvalue weighted by atomic mass is 10.2. The summed E-state index contributed by atoms with van der Waals surface area (Å²) < 4.78 is 13.4. The second-order valence-corrected chi connectivity index (χ2v) is 9.09. The van der Waals surface area contributed by atoms with Gasteiger partial charge in [-0.3, -0.25) is 9.36 Å². The molecular weight excluding hydrogens is 462 g/mol. The molecule has 0 bridgehead atoms. The van der Waals surface area contributed by atoms with Crippen molar-refractivity contribution in [1.82, 2.24) is 19.7 Å². The molecule has 0 saturated carbocycles. The van der Waals surface area contributed by atoms with Gasteiger partial charge < -0.3 is 19.3 Å². The van der Waals surface area contributed by atoms with Gasteiger partial charge in [0, 0.05) is 38.4 Å². The van der Waals surface area contributed by atoms with E-state index in [1.165, 1.54) is 17.4 Å². The first-order valence-electron chi connectivity index (χ1n) is 11.6. The average molecular weight is 494 g/mol. The summed E-state index contributed by atoms with van der Waals surface area (Å²) in [5, 5.41) is 9.39. The number of carbonyl (C=O) groups excluding carboxylic acids is 1. The van der Waals surface area contributed by atoms with Gasteiger partial charge in [-0.25, -0.2) is 0 Å². The molecule has 184 valence electrons. The van der Waals surface area contributed by atoms with Gasteiger partial charge in [0.1, 0.15) is 0 Å².